The molecule has 0 aliphatic carbocycles. The second kappa shape index (κ2) is 7.32. The van der Waals surface area contributed by atoms with Gasteiger partial charge < -0.3 is 9.88 Å². The number of hydrogen-bond donors (Lipinski definition) is 1. The average molecular weight is 417 g/mol. The van der Waals surface area contributed by atoms with Crippen molar-refractivity contribution in [2.75, 3.05) is 0 Å². The van der Waals surface area contributed by atoms with Gasteiger partial charge in [0.2, 0.25) is 5.95 Å². The second-order valence-electron chi connectivity index (χ2n) is 7.18. The van der Waals surface area contributed by atoms with Crippen molar-refractivity contribution < 1.29 is 13.6 Å². The minimum Gasteiger partial charge on any atom is -0.347 e. The average Bonchev–Trinajstić information content (AvgIpc) is 3.29. The number of amides is 1. The molecule has 154 valence electrons. The van der Waals surface area contributed by atoms with Gasteiger partial charge in [0.1, 0.15) is 17.3 Å². The summed E-state index contributed by atoms with van der Waals surface area (Å²) >= 11 is 0. The number of carbonyl (C=O) groups excluding carboxylic acids is 1. The largest absolute Gasteiger partial charge is 0.347 e. The van der Waals surface area contributed by atoms with E-state index in [2.05, 4.69) is 15.3 Å². The van der Waals surface area contributed by atoms with Crippen LogP contribution in [0.1, 0.15) is 16.1 Å². The van der Waals surface area contributed by atoms with Crippen LogP contribution in [0.3, 0.4) is 0 Å². The third-order valence-corrected chi connectivity index (χ3v) is 5.22. The van der Waals surface area contributed by atoms with Crippen LogP contribution in [0, 0.1) is 11.6 Å². The molecule has 0 aliphatic heterocycles. The van der Waals surface area contributed by atoms with E-state index >= 15 is 0 Å². The van der Waals surface area contributed by atoms with E-state index < -0.39 is 17.5 Å². The van der Waals surface area contributed by atoms with E-state index in [1.54, 1.807) is 29.1 Å². The number of hydrogen-bond acceptors (Lipinski definition) is 3. The fourth-order valence-corrected chi connectivity index (χ4v) is 3.88. The number of fused-ring (bicyclic) bond motifs is 3. The maximum absolute atomic E-state index is 13.5. The molecular formula is C23H17F2N5O. The van der Waals surface area contributed by atoms with Crippen LogP contribution >= 0.6 is 0 Å². The maximum atomic E-state index is 13.5. The van der Waals surface area contributed by atoms with Gasteiger partial charge in [0.25, 0.3) is 5.91 Å². The van der Waals surface area contributed by atoms with E-state index in [-0.39, 0.29) is 6.54 Å². The summed E-state index contributed by atoms with van der Waals surface area (Å²) in [7, 11) is 1.93. The van der Waals surface area contributed by atoms with Gasteiger partial charge in [-0.1, -0.05) is 18.2 Å². The van der Waals surface area contributed by atoms with E-state index in [0.29, 0.717) is 17.2 Å². The van der Waals surface area contributed by atoms with E-state index in [1.807, 2.05) is 35.9 Å². The monoisotopic (exact) mass is 417 g/mol. The van der Waals surface area contributed by atoms with Crippen molar-refractivity contribution in [1.82, 2.24) is 24.4 Å². The van der Waals surface area contributed by atoms with Gasteiger partial charge in [-0.15, -0.1) is 0 Å². The van der Waals surface area contributed by atoms with Crippen LogP contribution in [0.25, 0.3) is 27.9 Å². The summed E-state index contributed by atoms with van der Waals surface area (Å²) in [6.07, 6.45) is 3.22. The van der Waals surface area contributed by atoms with Gasteiger partial charge in [-0.2, -0.15) is 0 Å². The van der Waals surface area contributed by atoms with E-state index in [1.165, 1.54) is 12.1 Å². The lowest BCUT2D eigenvalue weighted by Crippen LogP contribution is -2.25. The maximum Gasteiger partial charge on any atom is 0.268 e. The number of aromatic nitrogens is 4. The van der Waals surface area contributed by atoms with Gasteiger partial charge >= 0.3 is 0 Å². The number of carbonyl (C=O) groups is 1. The summed E-state index contributed by atoms with van der Waals surface area (Å²) < 4.78 is 30.7. The molecule has 8 heteroatoms. The predicted octanol–water partition coefficient (Wildman–Crippen LogP) is 4.12. The summed E-state index contributed by atoms with van der Waals surface area (Å²) in [5, 5.41) is 3.70. The topological polar surface area (TPSA) is 64.7 Å². The van der Waals surface area contributed by atoms with Gasteiger partial charge in [-0.3, -0.25) is 9.36 Å². The molecule has 0 aliphatic rings. The molecule has 0 bridgehead atoms. The molecule has 0 saturated carbocycles. The molecule has 3 heterocycles. The molecular weight excluding hydrogens is 400 g/mol. The Balaban J connectivity index is 1.62. The highest BCUT2D eigenvalue weighted by Gasteiger charge is 2.23. The molecule has 2 aromatic carbocycles. The fraction of sp³-hybridized carbons (Fsp3) is 0.0870. The van der Waals surface area contributed by atoms with Crippen LogP contribution in [0.2, 0.25) is 0 Å². The summed E-state index contributed by atoms with van der Waals surface area (Å²) in [6, 6.07) is 14.5. The number of nitrogens with one attached hydrogen (secondary N) is 1. The van der Waals surface area contributed by atoms with Crippen molar-refractivity contribution in [3.8, 4) is 5.95 Å². The summed E-state index contributed by atoms with van der Waals surface area (Å²) in [5.74, 6) is -1.43. The van der Waals surface area contributed by atoms with Gasteiger partial charge in [-0.05, 0) is 35.9 Å². The zero-order valence-corrected chi connectivity index (χ0v) is 16.5. The minimum absolute atomic E-state index is 0.0224. The van der Waals surface area contributed by atoms with Crippen LogP contribution in [-0.2, 0) is 13.6 Å². The second-order valence-corrected chi connectivity index (χ2v) is 7.18. The first kappa shape index (κ1) is 18.9. The van der Waals surface area contributed by atoms with Crippen molar-refractivity contribution in [3.63, 3.8) is 0 Å². The lowest BCUT2D eigenvalue weighted by atomic mass is 10.2. The first-order valence-corrected chi connectivity index (χ1v) is 9.62. The number of nitrogens with zero attached hydrogens (tertiary/aromatic N) is 4. The lowest BCUT2D eigenvalue weighted by Gasteiger charge is -2.10. The molecule has 0 radical (unpaired) electrons. The molecule has 5 aromatic rings. The SMILES string of the molecule is Cn1c2ccccc2c2c1cc(C(=O)NCc1cc(F)cc(F)c1)n2-c1ncccn1. The van der Waals surface area contributed by atoms with E-state index in [4.69, 9.17) is 0 Å². The summed E-state index contributed by atoms with van der Waals surface area (Å²) in [5.41, 5.74) is 3.32. The molecule has 0 spiro atoms. The van der Waals surface area contributed by atoms with Crippen LogP contribution in [0.4, 0.5) is 8.78 Å². The predicted molar refractivity (Wildman–Crippen MR) is 113 cm³/mol. The molecule has 0 saturated heterocycles. The molecule has 31 heavy (non-hydrogen) atoms. The van der Waals surface area contributed by atoms with Crippen molar-refractivity contribution >= 4 is 27.8 Å². The number of halogens is 2. The Kier molecular flexibility index (Phi) is 4.47. The quantitative estimate of drug-likeness (QED) is 0.478. The molecule has 6 nitrogen and oxygen atoms in total. The van der Waals surface area contributed by atoms with Crippen molar-refractivity contribution in [3.05, 3.63) is 89.9 Å². The third-order valence-electron chi connectivity index (χ3n) is 5.22. The van der Waals surface area contributed by atoms with Gasteiger partial charge in [0.05, 0.1) is 16.6 Å². The van der Waals surface area contributed by atoms with Crippen molar-refractivity contribution in [2.45, 2.75) is 6.54 Å². The van der Waals surface area contributed by atoms with Crippen LogP contribution in [-0.4, -0.2) is 25.0 Å². The molecule has 0 atom stereocenters. The van der Waals surface area contributed by atoms with Crippen LogP contribution in [0.15, 0.2) is 67.0 Å². The Morgan fingerprint density at radius 3 is 2.42 bits per heavy atom. The highest BCUT2D eigenvalue weighted by Crippen LogP contribution is 2.32. The normalized spacial score (nSPS) is 11.3. The van der Waals surface area contributed by atoms with Crippen LogP contribution in [0.5, 0.6) is 0 Å². The Labute approximate surface area is 175 Å². The number of rotatable bonds is 4. The standard InChI is InChI=1S/C23H17F2N5O/c1-29-18-6-3-2-5-17(18)21-19(29)12-20(30(21)23-26-7-4-8-27-23)22(31)28-13-14-9-15(24)11-16(25)10-14/h2-12H,13H2,1H3,(H,28,31). The first-order valence-electron chi connectivity index (χ1n) is 9.62. The Morgan fingerprint density at radius 1 is 0.968 bits per heavy atom. The first-order chi connectivity index (χ1) is 15.0. The third kappa shape index (κ3) is 3.22. The molecule has 5 rings (SSSR count). The van der Waals surface area contributed by atoms with Gasteiger partial charge in [0.15, 0.2) is 0 Å². The molecule has 3 aromatic heterocycles. The van der Waals surface area contributed by atoms with E-state index in [9.17, 15) is 13.6 Å². The molecule has 1 amide bonds. The zero-order valence-electron chi connectivity index (χ0n) is 16.5. The highest BCUT2D eigenvalue weighted by atomic mass is 19.1. The van der Waals surface area contributed by atoms with Crippen LogP contribution < -0.4 is 5.32 Å². The summed E-state index contributed by atoms with van der Waals surface area (Å²) in [6.45, 7) is -0.0224. The smallest absolute Gasteiger partial charge is 0.268 e. The summed E-state index contributed by atoms with van der Waals surface area (Å²) in [4.78, 5) is 21.8. The van der Waals surface area contributed by atoms with E-state index in [0.717, 1.165) is 28.0 Å². The number of para-hydroxylation sites is 1. The fourth-order valence-electron chi connectivity index (χ4n) is 3.88. The molecule has 1 N–H and O–H groups in total. The van der Waals surface area contributed by atoms with Crippen molar-refractivity contribution in [1.29, 1.82) is 0 Å². The Hall–Kier alpha value is -4.07. The number of benzene rings is 2. The van der Waals surface area contributed by atoms with Gasteiger partial charge in [-0.25, -0.2) is 18.7 Å². The zero-order chi connectivity index (χ0) is 21.5. The molecule has 0 unspecified atom stereocenters. The number of aryl methyl sites for hydroxylation is 1. The van der Waals surface area contributed by atoms with Crippen molar-refractivity contribution in [2.24, 2.45) is 7.05 Å². The van der Waals surface area contributed by atoms with Gasteiger partial charge in [0, 0.05) is 37.4 Å². The molecule has 0 fully saturated rings. The highest BCUT2D eigenvalue weighted by molar-refractivity contribution is 6.10. The minimum atomic E-state index is -0.692. The lowest BCUT2D eigenvalue weighted by molar-refractivity contribution is 0.0944. The Morgan fingerprint density at radius 2 is 1.68 bits per heavy atom. The Bertz CT molecular complexity index is 1420.